The fourth-order valence-corrected chi connectivity index (χ4v) is 5.77. The third kappa shape index (κ3) is 7.63. The molecule has 3 nitrogen and oxygen atoms in total. The number of hydrogen-bond donors (Lipinski definition) is 0. The first-order chi connectivity index (χ1) is 22.1. The van der Waals surface area contributed by atoms with Crippen molar-refractivity contribution in [1.82, 2.24) is 4.98 Å². The van der Waals surface area contributed by atoms with Crippen LogP contribution in [0.4, 0.5) is 11.5 Å². The minimum Gasteiger partial charge on any atom is -0.299 e. The Hall–Kier alpha value is -5.28. The topological polar surface area (TPSA) is 28.5 Å². The quantitative estimate of drug-likeness (QED) is 0.184. The van der Waals surface area contributed by atoms with Crippen LogP contribution in [0, 0.1) is 6.92 Å². The lowest BCUT2D eigenvalue weighted by Crippen LogP contribution is -2.16. The smallest absolute Gasteiger partial charge is 0.138 e. The fourth-order valence-electron chi connectivity index (χ4n) is 5.77. The van der Waals surface area contributed by atoms with E-state index in [9.17, 15) is 0 Å². The maximum atomic E-state index is 4.99. The van der Waals surface area contributed by atoms with Crippen molar-refractivity contribution in [2.75, 3.05) is 4.90 Å². The van der Waals surface area contributed by atoms with E-state index in [4.69, 9.17) is 4.98 Å². The summed E-state index contributed by atoms with van der Waals surface area (Å²) < 4.78 is 0. The molecule has 1 heterocycles. The lowest BCUT2D eigenvalue weighted by atomic mass is 9.87. The van der Waals surface area contributed by atoms with Gasteiger partial charge in [-0.05, 0) is 117 Å². The van der Waals surface area contributed by atoms with Gasteiger partial charge < -0.3 is 0 Å². The van der Waals surface area contributed by atoms with Gasteiger partial charge in [0.1, 0.15) is 5.82 Å². The Morgan fingerprint density at radius 2 is 1.67 bits per heavy atom. The maximum absolute atomic E-state index is 4.99. The lowest BCUT2D eigenvalue weighted by molar-refractivity contribution is 1.08. The molecule has 0 unspecified atom stereocenters. The molecule has 0 saturated carbocycles. The van der Waals surface area contributed by atoms with Crippen LogP contribution in [0.5, 0.6) is 0 Å². The summed E-state index contributed by atoms with van der Waals surface area (Å²) in [6.07, 6.45) is 30.7. The van der Waals surface area contributed by atoms with Crippen LogP contribution in [0.2, 0.25) is 0 Å². The highest BCUT2D eigenvalue weighted by Crippen LogP contribution is 2.35. The van der Waals surface area contributed by atoms with E-state index in [0.29, 0.717) is 0 Å². The average molecular weight is 588 g/mol. The third-order valence-electron chi connectivity index (χ3n) is 8.05. The molecule has 0 fully saturated rings. The summed E-state index contributed by atoms with van der Waals surface area (Å²) in [4.78, 5) is 11.4. The molecule has 2 bridgehead atoms. The summed E-state index contributed by atoms with van der Waals surface area (Å²) in [5, 5.41) is 0. The van der Waals surface area contributed by atoms with E-state index in [1.54, 1.807) is 0 Å². The molecule has 1 aromatic heterocycles. The van der Waals surface area contributed by atoms with E-state index < -0.39 is 0 Å². The Morgan fingerprint density at radius 3 is 2.47 bits per heavy atom. The van der Waals surface area contributed by atoms with E-state index in [0.717, 1.165) is 47.9 Å². The molecule has 0 saturated heterocycles. The Balaban J connectivity index is 1.44. The van der Waals surface area contributed by atoms with Crippen LogP contribution in [0.3, 0.4) is 0 Å². The minimum atomic E-state index is 0.733. The predicted molar refractivity (Wildman–Crippen MR) is 195 cm³/mol. The molecular weight excluding hydrogens is 546 g/mol. The van der Waals surface area contributed by atoms with Gasteiger partial charge in [-0.15, -0.1) is 0 Å². The van der Waals surface area contributed by atoms with Gasteiger partial charge in [-0.2, -0.15) is 0 Å². The second-order valence-electron chi connectivity index (χ2n) is 11.0. The maximum Gasteiger partial charge on any atom is 0.138 e. The van der Waals surface area contributed by atoms with Crippen LogP contribution in [0.1, 0.15) is 55.5 Å². The number of hydrogen-bond acceptors (Lipinski definition) is 3. The number of nitrogens with zero attached hydrogens (tertiary/aromatic N) is 3. The molecule has 45 heavy (non-hydrogen) atoms. The number of allylic oxidation sites excluding steroid dienone is 17. The molecule has 3 aromatic rings. The van der Waals surface area contributed by atoms with Crippen molar-refractivity contribution in [2.45, 2.75) is 40.0 Å². The first kappa shape index (κ1) is 31.2. The molecule has 0 spiro atoms. The predicted octanol–water partition coefficient (Wildman–Crippen LogP) is 11.3. The van der Waals surface area contributed by atoms with Gasteiger partial charge in [0.05, 0.1) is 11.4 Å². The lowest BCUT2D eigenvalue weighted by Gasteiger charge is -2.25. The summed E-state index contributed by atoms with van der Waals surface area (Å²) in [6, 6.07) is 23.1. The van der Waals surface area contributed by atoms with Crippen molar-refractivity contribution >= 4 is 35.1 Å². The van der Waals surface area contributed by atoms with Crippen molar-refractivity contribution in [1.29, 1.82) is 0 Å². The van der Waals surface area contributed by atoms with Gasteiger partial charge in [-0.3, -0.25) is 9.89 Å². The van der Waals surface area contributed by atoms with E-state index in [1.165, 1.54) is 33.4 Å². The molecule has 0 N–H and O–H groups in total. The second kappa shape index (κ2) is 15.4. The molecular formula is C42H41N3. The number of rotatable bonds is 9. The van der Waals surface area contributed by atoms with Crippen LogP contribution in [-0.2, 0) is 0 Å². The van der Waals surface area contributed by atoms with Gasteiger partial charge in [-0.25, -0.2) is 4.98 Å². The molecule has 0 atom stereocenters. The molecule has 0 amide bonds. The third-order valence-corrected chi connectivity index (χ3v) is 8.05. The number of para-hydroxylation sites is 1. The SMILES string of the molecule is C=N/C(=C\C=C/C)c1cccc(N(/C(C)=C/C=C\C/C2=C/C=C/C3=C(/C/C=C\C=C/C3)c3cccc2c3C)c2ccccc2)n1. The molecule has 2 aromatic carbocycles. The minimum absolute atomic E-state index is 0.733. The first-order valence-corrected chi connectivity index (χ1v) is 15.6. The zero-order valence-electron chi connectivity index (χ0n) is 26.5. The number of anilines is 2. The molecule has 224 valence electrons. The Morgan fingerprint density at radius 1 is 0.889 bits per heavy atom. The summed E-state index contributed by atoms with van der Waals surface area (Å²) in [5.41, 5.74) is 11.7. The number of fused-ring (bicyclic) bond motifs is 3. The highest BCUT2D eigenvalue weighted by Gasteiger charge is 2.16. The molecule has 2 aliphatic carbocycles. The molecule has 3 heteroatoms. The molecule has 2 aliphatic rings. The van der Waals surface area contributed by atoms with E-state index in [2.05, 4.69) is 122 Å². The molecule has 0 aliphatic heterocycles. The van der Waals surface area contributed by atoms with Crippen LogP contribution >= 0.6 is 0 Å². The summed E-state index contributed by atoms with van der Waals surface area (Å²) in [6.45, 7) is 10.1. The highest BCUT2D eigenvalue weighted by atomic mass is 15.2. The number of aromatic nitrogens is 1. The van der Waals surface area contributed by atoms with Gasteiger partial charge in [-0.1, -0.05) is 109 Å². The number of pyridine rings is 1. The zero-order valence-corrected chi connectivity index (χ0v) is 26.5. The van der Waals surface area contributed by atoms with Gasteiger partial charge in [0.2, 0.25) is 0 Å². The number of aliphatic imine (C=N–C) groups is 1. The van der Waals surface area contributed by atoms with Crippen molar-refractivity contribution in [2.24, 2.45) is 4.99 Å². The summed E-state index contributed by atoms with van der Waals surface area (Å²) in [7, 11) is 0. The fraction of sp³-hybridized carbons (Fsp3) is 0.143. The summed E-state index contributed by atoms with van der Waals surface area (Å²) in [5.74, 6) is 0.820. The Kier molecular flexibility index (Phi) is 10.7. The first-order valence-electron chi connectivity index (χ1n) is 15.6. The van der Waals surface area contributed by atoms with Crippen molar-refractivity contribution in [3.8, 4) is 0 Å². The zero-order chi connectivity index (χ0) is 31.4. The van der Waals surface area contributed by atoms with Gasteiger partial charge in [0, 0.05) is 11.4 Å². The second-order valence-corrected chi connectivity index (χ2v) is 11.0. The van der Waals surface area contributed by atoms with E-state index >= 15 is 0 Å². The van der Waals surface area contributed by atoms with Crippen molar-refractivity contribution in [3.63, 3.8) is 0 Å². The largest absolute Gasteiger partial charge is 0.299 e. The van der Waals surface area contributed by atoms with Crippen LogP contribution in [-0.4, -0.2) is 11.7 Å². The van der Waals surface area contributed by atoms with Crippen LogP contribution in [0.15, 0.2) is 162 Å². The van der Waals surface area contributed by atoms with E-state index in [-0.39, 0.29) is 0 Å². The molecule has 5 rings (SSSR count). The normalized spacial score (nSPS) is 20.2. The Labute approximate surface area is 268 Å². The van der Waals surface area contributed by atoms with E-state index in [1.807, 2.05) is 61.5 Å². The van der Waals surface area contributed by atoms with Crippen molar-refractivity contribution in [3.05, 3.63) is 179 Å². The standard InChI is InChI=1S/C42H41N3/c1-5-6-29-40(43-4)41-30-18-31-42(44-41)45(36-24-11-9-12-25-36)32(2)19-14-15-21-34-22-16-23-35-20-10-7-8-13-26-39(35)38-28-17-27-37(34)33(38)3/h5-19,22-25,27-31H,4,20-21,26H2,1-3H3/b6-5-,10-7-,13-8-,15-14-,23-16+,32-19+,34-22-,39-35-,40-29-. The van der Waals surface area contributed by atoms with Crippen LogP contribution < -0.4 is 4.90 Å². The monoisotopic (exact) mass is 587 g/mol. The molecule has 0 radical (unpaired) electrons. The summed E-state index contributed by atoms with van der Waals surface area (Å²) >= 11 is 0. The highest BCUT2D eigenvalue weighted by molar-refractivity contribution is 5.81. The van der Waals surface area contributed by atoms with Crippen molar-refractivity contribution < 1.29 is 0 Å². The average Bonchev–Trinajstić information content (AvgIpc) is 3.06. The van der Waals surface area contributed by atoms with Gasteiger partial charge in [0.15, 0.2) is 0 Å². The van der Waals surface area contributed by atoms with Crippen LogP contribution in [0.25, 0.3) is 16.8 Å². The number of benzene rings is 2. The van der Waals surface area contributed by atoms with Gasteiger partial charge in [0.25, 0.3) is 0 Å². The van der Waals surface area contributed by atoms with Gasteiger partial charge >= 0.3 is 0 Å². The Bertz CT molecular complexity index is 1800.